The van der Waals surface area contributed by atoms with E-state index in [2.05, 4.69) is 84.5 Å². The molecule has 3 unspecified atom stereocenters. The van der Waals surface area contributed by atoms with Crippen LogP contribution >= 0.6 is 15.9 Å². The minimum Gasteiger partial charge on any atom is -0.350 e. The summed E-state index contributed by atoms with van der Waals surface area (Å²) in [6.07, 6.45) is 4.62. The number of hydrogen-bond donors (Lipinski definition) is 1. The Kier molecular flexibility index (Phi) is 5.25. The molecule has 34 heavy (non-hydrogen) atoms. The van der Waals surface area contributed by atoms with Gasteiger partial charge in [-0.25, -0.2) is 0 Å². The van der Waals surface area contributed by atoms with Gasteiger partial charge >= 0.3 is 0 Å². The van der Waals surface area contributed by atoms with Crippen molar-refractivity contribution in [3.8, 4) is 11.3 Å². The zero-order valence-corrected chi connectivity index (χ0v) is 21.8. The van der Waals surface area contributed by atoms with Gasteiger partial charge in [-0.2, -0.15) is 5.10 Å². The number of hydrogen-bond acceptors (Lipinski definition) is 2. The molecule has 3 fully saturated rings. The molecule has 0 radical (unpaired) electrons. The molecule has 2 bridgehead atoms. The van der Waals surface area contributed by atoms with Crippen molar-refractivity contribution < 1.29 is 4.79 Å². The van der Waals surface area contributed by atoms with E-state index in [1.807, 2.05) is 4.68 Å². The fourth-order valence-electron chi connectivity index (χ4n) is 6.78. The number of carbonyl (C=O) groups is 1. The number of aryl methyl sites for hydroxylation is 1. The quantitative estimate of drug-likeness (QED) is 0.334. The molecule has 4 aliphatic rings. The van der Waals surface area contributed by atoms with Gasteiger partial charge in [-0.1, -0.05) is 65.7 Å². The zero-order valence-electron chi connectivity index (χ0n) is 20.2. The standard InChI is InChI=1S/C29H32BrN3O/c1-17-4-6-18(7-5-17)16-33-27-23-11-10-22(30)12-20(23)13-24(27)26(32-33)28(34)31-15-19-8-9-21-14-25(19)29(21,2)3/h4-7,10-12,19,21,25H,8-9,13-16H2,1-3H3,(H,31,34). The third kappa shape index (κ3) is 3.55. The van der Waals surface area contributed by atoms with Gasteiger partial charge in [0.05, 0.1) is 12.2 Å². The van der Waals surface area contributed by atoms with Crippen molar-refractivity contribution in [1.82, 2.24) is 15.1 Å². The lowest BCUT2D eigenvalue weighted by molar-refractivity contribution is -0.103. The molecule has 3 saturated carbocycles. The Hall–Kier alpha value is -2.40. The van der Waals surface area contributed by atoms with Crippen LogP contribution in [0.15, 0.2) is 46.9 Å². The molecule has 1 heterocycles. The Morgan fingerprint density at radius 2 is 1.97 bits per heavy atom. The molecule has 1 N–H and O–H groups in total. The maximum absolute atomic E-state index is 13.5. The van der Waals surface area contributed by atoms with Crippen molar-refractivity contribution in [2.45, 2.75) is 53.0 Å². The number of aromatic nitrogens is 2. The van der Waals surface area contributed by atoms with Crippen molar-refractivity contribution in [2.24, 2.45) is 23.2 Å². The van der Waals surface area contributed by atoms with E-state index < -0.39 is 0 Å². The summed E-state index contributed by atoms with van der Waals surface area (Å²) in [7, 11) is 0. The van der Waals surface area contributed by atoms with Crippen molar-refractivity contribution in [1.29, 1.82) is 0 Å². The second-order valence-electron chi connectivity index (χ2n) is 11.2. The second-order valence-corrected chi connectivity index (χ2v) is 12.1. The van der Waals surface area contributed by atoms with E-state index in [-0.39, 0.29) is 5.91 Å². The zero-order chi connectivity index (χ0) is 23.6. The number of benzene rings is 2. The van der Waals surface area contributed by atoms with Gasteiger partial charge in [0.25, 0.3) is 5.91 Å². The van der Waals surface area contributed by atoms with Crippen molar-refractivity contribution in [3.05, 3.63) is 74.9 Å². The van der Waals surface area contributed by atoms with Gasteiger partial charge in [-0.3, -0.25) is 9.48 Å². The molecule has 2 aromatic carbocycles. The van der Waals surface area contributed by atoms with Gasteiger partial charge < -0.3 is 5.32 Å². The Labute approximate surface area is 210 Å². The van der Waals surface area contributed by atoms with Crippen LogP contribution in [0.25, 0.3) is 11.3 Å². The summed E-state index contributed by atoms with van der Waals surface area (Å²) >= 11 is 3.61. The van der Waals surface area contributed by atoms with Gasteiger partial charge in [0.1, 0.15) is 0 Å². The summed E-state index contributed by atoms with van der Waals surface area (Å²) in [6, 6.07) is 15.0. The van der Waals surface area contributed by atoms with E-state index in [1.165, 1.54) is 41.5 Å². The van der Waals surface area contributed by atoms with Gasteiger partial charge in [0.2, 0.25) is 0 Å². The normalized spacial score (nSPS) is 23.7. The van der Waals surface area contributed by atoms with Crippen LogP contribution in [-0.2, 0) is 13.0 Å². The molecule has 7 rings (SSSR count). The minimum atomic E-state index is -0.0231. The molecule has 3 atom stereocenters. The van der Waals surface area contributed by atoms with E-state index in [0.29, 0.717) is 23.6 Å². The second kappa shape index (κ2) is 8.08. The number of fused-ring (bicyclic) bond motifs is 5. The van der Waals surface area contributed by atoms with E-state index in [0.717, 1.165) is 40.5 Å². The molecule has 4 aliphatic carbocycles. The third-order valence-corrected chi connectivity index (χ3v) is 9.43. The Morgan fingerprint density at radius 3 is 2.71 bits per heavy atom. The fraction of sp³-hybridized carbons (Fsp3) is 0.448. The highest BCUT2D eigenvalue weighted by atomic mass is 79.9. The first-order chi connectivity index (χ1) is 16.3. The summed E-state index contributed by atoms with van der Waals surface area (Å²) in [5.41, 5.74) is 8.05. The van der Waals surface area contributed by atoms with Crippen LogP contribution < -0.4 is 5.32 Å². The molecule has 5 heteroatoms. The van der Waals surface area contributed by atoms with Gasteiger partial charge in [-0.15, -0.1) is 0 Å². The molecule has 0 spiro atoms. The van der Waals surface area contributed by atoms with Gasteiger partial charge in [0.15, 0.2) is 5.69 Å². The number of amides is 1. The van der Waals surface area contributed by atoms with Crippen LogP contribution in [0.5, 0.6) is 0 Å². The highest BCUT2D eigenvalue weighted by molar-refractivity contribution is 9.10. The van der Waals surface area contributed by atoms with Crippen molar-refractivity contribution >= 4 is 21.8 Å². The monoisotopic (exact) mass is 517 g/mol. The molecular formula is C29H32BrN3O. The van der Waals surface area contributed by atoms with Crippen LogP contribution in [0.2, 0.25) is 0 Å². The van der Waals surface area contributed by atoms with Gasteiger partial charge in [0, 0.05) is 28.6 Å². The van der Waals surface area contributed by atoms with Crippen molar-refractivity contribution in [2.75, 3.05) is 6.54 Å². The van der Waals surface area contributed by atoms with E-state index >= 15 is 0 Å². The molecular weight excluding hydrogens is 486 g/mol. The average Bonchev–Trinajstić information content (AvgIpc) is 3.36. The average molecular weight is 518 g/mol. The Morgan fingerprint density at radius 1 is 1.18 bits per heavy atom. The molecule has 176 valence electrons. The Bertz CT molecular complexity index is 1270. The first-order valence-electron chi connectivity index (χ1n) is 12.5. The molecule has 1 aromatic heterocycles. The lowest BCUT2D eigenvalue weighted by Gasteiger charge is -2.60. The highest BCUT2D eigenvalue weighted by Crippen LogP contribution is 2.61. The van der Waals surface area contributed by atoms with E-state index in [9.17, 15) is 4.79 Å². The predicted octanol–water partition coefficient (Wildman–Crippen LogP) is 6.38. The van der Waals surface area contributed by atoms with E-state index in [4.69, 9.17) is 5.10 Å². The van der Waals surface area contributed by atoms with Gasteiger partial charge in [-0.05, 0) is 72.6 Å². The molecule has 3 aromatic rings. The number of nitrogens with one attached hydrogen (secondary N) is 1. The maximum Gasteiger partial charge on any atom is 0.272 e. The Balaban J connectivity index is 1.28. The van der Waals surface area contributed by atoms with E-state index in [1.54, 1.807) is 0 Å². The number of nitrogens with zero attached hydrogens (tertiary/aromatic N) is 2. The molecule has 4 nitrogen and oxygen atoms in total. The van der Waals surface area contributed by atoms with Crippen LogP contribution in [-0.4, -0.2) is 22.2 Å². The number of carbonyl (C=O) groups excluding carboxylic acids is 1. The summed E-state index contributed by atoms with van der Waals surface area (Å²) < 4.78 is 3.11. The summed E-state index contributed by atoms with van der Waals surface area (Å²) in [4.78, 5) is 13.5. The maximum atomic E-state index is 13.5. The van der Waals surface area contributed by atoms with Crippen LogP contribution in [0.1, 0.15) is 65.9 Å². The smallest absolute Gasteiger partial charge is 0.272 e. The highest BCUT2D eigenvalue weighted by Gasteiger charge is 2.54. The fourth-order valence-corrected chi connectivity index (χ4v) is 7.18. The number of rotatable bonds is 5. The van der Waals surface area contributed by atoms with Crippen LogP contribution in [0, 0.1) is 30.1 Å². The topological polar surface area (TPSA) is 46.9 Å². The number of halogens is 1. The third-order valence-electron chi connectivity index (χ3n) is 8.93. The summed E-state index contributed by atoms with van der Waals surface area (Å²) in [6.45, 7) is 8.34. The largest absolute Gasteiger partial charge is 0.350 e. The van der Waals surface area contributed by atoms with Crippen molar-refractivity contribution in [3.63, 3.8) is 0 Å². The first kappa shape index (κ1) is 22.1. The first-order valence-corrected chi connectivity index (χ1v) is 13.3. The predicted molar refractivity (Wildman–Crippen MR) is 139 cm³/mol. The minimum absolute atomic E-state index is 0.0231. The van der Waals surface area contributed by atoms with Crippen LogP contribution in [0.3, 0.4) is 0 Å². The molecule has 0 saturated heterocycles. The summed E-state index contributed by atoms with van der Waals surface area (Å²) in [5.74, 6) is 2.17. The van der Waals surface area contributed by atoms with Crippen LogP contribution in [0.4, 0.5) is 0 Å². The summed E-state index contributed by atoms with van der Waals surface area (Å²) in [5, 5.41) is 8.17. The SMILES string of the molecule is Cc1ccc(Cn2nc(C(=O)NCC3CCC4CC3C4(C)C)c3c2-c2ccc(Br)cc2C3)cc1. The lowest BCUT2D eigenvalue weighted by atomic mass is 9.45. The molecule has 0 aliphatic heterocycles. The lowest BCUT2D eigenvalue weighted by Crippen LogP contribution is -2.54. The molecule has 1 amide bonds.